The molecule has 1 heteroatoms. The predicted molar refractivity (Wildman–Crippen MR) is 106 cm³/mol. The summed E-state index contributed by atoms with van der Waals surface area (Å²) in [6.07, 6.45) is 20.7. The summed E-state index contributed by atoms with van der Waals surface area (Å²) in [7, 11) is 0. The number of nitriles is 1. The van der Waals surface area contributed by atoms with Crippen LogP contribution in [0.3, 0.4) is 0 Å². The fourth-order valence-corrected chi connectivity index (χ4v) is 6.87. The van der Waals surface area contributed by atoms with Gasteiger partial charge in [0.1, 0.15) is 0 Å². The highest BCUT2D eigenvalue weighted by molar-refractivity contribution is 5.06. The van der Waals surface area contributed by atoms with Gasteiger partial charge in [0.25, 0.3) is 0 Å². The number of hydrogen-bond acceptors (Lipinski definition) is 1. The van der Waals surface area contributed by atoms with E-state index in [1.54, 1.807) is 0 Å². The van der Waals surface area contributed by atoms with E-state index in [2.05, 4.69) is 19.9 Å². The molecule has 3 saturated carbocycles. The van der Waals surface area contributed by atoms with Gasteiger partial charge in [0.05, 0.1) is 11.5 Å². The van der Waals surface area contributed by atoms with E-state index in [4.69, 9.17) is 0 Å². The minimum atomic E-state index is 0.0430. The topological polar surface area (TPSA) is 23.8 Å². The standard InChI is InChI=1S/C24H41N/c1-3-5-7-8-19-9-12-22-20(16-19)10-11-21-17-24(18-25,14-6-4-2)15-13-23(21)22/h19-23H,3-17H2,1-2H3/t19-,20?,21?,22?,23?,24+/m1/s1. The van der Waals surface area contributed by atoms with Gasteiger partial charge in [0, 0.05) is 0 Å². The molecule has 0 bridgehead atoms. The quantitative estimate of drug-likeness (QED) is 0.439. The fourth-order valence-electron chi connectivity index (χ4n) is 6.87. The lowest BCUT2D eigenvalue weighted by atomic mass is 9.52. The summed E-state index contributed by atoms with van der Waals surface area (Å²) in [5.74, 6) is 4.94. The molecule has 0 spiro atoms. The second-order valence-electron chi connectivity index (χ2n) is 9.84. The van der Waals surface area contributed by atoms with Crippen LogP contribution in [0.5, 0.6) is 0 Å². The van der Waals surface area contributed by atoms with E-state index in [1.165, 1.54) is 89.9 Å². The predicted octanol–water partition coefficient (Wildman–Crippen LogP) is 7.51. The minimum Gasteiger partial charge on any atom is -0.198 e. The van der Waals surface area contributed by atoms with Crippen LogP contribution in [0.4, 0.5) is 0 Å². The van der Waals surface area contributed by atoms with Gasteiger partial charge in [-0.05, 0) is 81.0 Å². The lowest BCUT2D eigenvalue weighted by Gasteiger charge is -2.52. The van der Waals surface area contributed by atoms with Crippen molar-refractivity contribution in [3.8, 4) is 6.07 Å². The van der Waals surface area contributed by atoms with Crippen LogP contribution in [0, 0.1) is 46.3 Å². The molecule has 0 aliphatic heterocycles. The Morgan fingerprint density at radius 1 is 0.880 bits per heavy atom. The zero-order chi connectivity index (χ0) is 17.7. The number of hydrogen-bond donors (Lipinski definition) is 0. The van der Waals surface area contributed by atoms with Crippen LogP contribution >= 0.6 is 0 Å². The van der Waals surface area contributed by atoms with Crippen molar-refractivity contribution in [3.05, 3.63) is 0 Å². The molecule has 0 heterocycles. The van der Waals surface area contributed by atoms with Gasteiger partial charge >= 0.3 is 0 Å². The third-order valence-electron chi connectivity index (χ3n) is 8.28. The summed E-state index contributed by atoms with van der Waals surface area (Å²) in [5, 5.41) is 9.88. The second-order valence-corrected chi connectivity index (χ2v) is 9.84. The maximum absolute atomic E-state index is 9.88. The number of rotatable bonds is 7. The zero-order valence-corrected chi connectivity index (χ0v) is 16.9. The maximum Gasteiger partial charge on any atom is 0.0689 e. The molecule has 6 atom stereocenters. The Hall–Kier alpha value is -0.510. The Bertz CT molecular complexity index is 450. The van der Waals surface area contributed by atoms with Gasteiger partial charge in [-0.2, -0.15) is 5.26 Å². The Morgan fingerprint density at radius 3 is 2.40 bits per heavy atom. The highest BCUT2D eigenvalue weighted by Crippen LogP contribution is 2.57. The summed E-state index contributed by atoms with van der Waals surface area (Å²) in [6.45, 7) is 4.59. The molecule has 0 radical (unpaired) electrons. The van der Waals surface area contributed by atoms with Gasteiger partial charge in [-0.25, -0.2) is 0 Å². The third-order valence-corrected chi connectivity index (χ3v) is 8.28. The van der Waals surface area contributed by atoms with Crippen LogP contribution in [0.2, 0.25) is 0 Å². The highest BCUT2D eigenvalue weighted by atomic mass is 14.5. The largest absolute Gasteiger partial charge is 0.198 e. The molecule has 0 N–H and O–H groups in total. The smallest absolute Gasteiger partial charge is 0.0689 e. The van der Waals surface area contributed by atoms with Gasteiger partial charge in [-0.1, -0.05) is 58.8 Å². The highest BCUT2D eigenvalue weighted by Gasteiger charge is 2.48. The lowest BCUT2D eigenvalue weighted by Crippen LogP contribution is -2.44. The molecule has 0 saturated heterocycles. The Morgan fingerprint density at radius 2 is 1.64 bits per heavy atom. The minimum absolute atomic E-state index is 0.0430. The van der Waals surface area contributed by atoms with Crippen LogP contribution < -0.4 is 0 Å². The van der Waals surface area contributed by atoms with Crippen molar-refractivity contribution in [2.24, 2.45) is 35.0 Å². The molecule has 0 aromatic carbocycles. The molecule has 1 nitrogen and oxygen atoms in total. The van der Waals surface area contributed by atoms with E-state index in [9.17, 15) is 5.26 Å². The molecule has 4 unspecified atom stereocenters. The van der Waals surface area contributed by atoms with Crippen LogP contribution in [0.25, 0.3) is 0 Å². The van der Waals surface area contributed by atoms with E-state index < -0.39 is 0 Å². The fraction of sp³-hybridized carbons (Fsp3) is 0.958. The van der Waals surface area contributed by atoms with Crippen LogP contribution in [0.1, 0.15) is 110 Å². The summed E-state index contributed by atoms with van der Waals surface area (Å²) < 4.78 is 0. The van der Waals surface area contributed by atoms with E-state index >= 15 is 0 Å². The summed E-state index contributed by atoms with van der Waals surface area (Å²) >= 11 is 0. The average molecular weight is 344 g/mol. The molecule has 3 fully saturated rings. The second kappa shape index (κ2) is 8.92. The molecule has 25 heavy (non-hydrogen) atoms. The monoisotopic (exact) mass is 343 g/mol. The maximum atomic E-state index is 9.88. The molecule has 0 aromatic heterocycles. The van der Waals surface area contributed by atoms with Crippen LogP contribution in [0.15, 0.2) is 0 Å². The third kappa shape index (κ3) is 4.43. The first-order chi connectivity index (χ1) is 12.2. The first kappa shape index (κ1) is 19.3. The zero-order valence-electron chi connectivity index (χ0n) is 16.9. The molecule has 142 valence electrons. The number of nitrogens with zero attached hydrogens (tertiary/aromatic N) is 1. The Kier molecular flexibility index (Phi) is 6.87. The van der Waals surface area contributed by atoms with Crippen LogP contribution in [-0.2, 0) is 0 Å². The SMILES string of the molecule is CCCCC[C@@H]1CCC2C(CCC3C[C@](C#N)(CCCC)CCC32)C1. The normalized spacial score (nSPS) is 40.8. The Labute approximate surface area is 157 Å². The first-order valence-corrected chi connectivity index (χ1v) is 11.6. The number of unbranched alkanes of at least 4 members (excludes halogenated alkanes) is 3. The van der Waals surface area contributed by atoms with Crippen LogP contribution in [-0.4, -0.2) is 0 Å². The van der Waals surface area contributed by atoms with Crippen molar-refractivity contribution >= 4 is 0 Å². The van der Waals surface area contributed by atoms with Crippen molar-refractivity contribution < 1.29 is 0 Å². The van der Waals surface area contributed by atoms with Gasteiger partial charge in [0.2, 0.25) is 0 Å². The Balaban J connectivity index is 1.55. The molecular formula is C24H41N. The van der Waals surface area contributed by atoms with E-state index in [0.29, 0.717) is 0 Å². The van der Waals surface area contributed by atoms with Crippen molar-refractivity contribution in [1.82, 2.24) is 0 Å². The summed E-state index contributed by atoms with van der Waals surface area (Å²) in [4.78, 5) is 0. The molecule has 0 amide bonds. The van der Waals surface area contributed by atoms with Crippen molar-refractivity contribution in [2.45, 2.75) is 110 Å². The van der Waals surface area contributed by atoms with Gasteiger partial charge < -0.3 is 0 Å². The molecule has 3 rings (SSSR count). The molecule has 3 aliphatic rings. The van der Waals surface area contributed by atoms with Crippen molar-refractivity contribution in [1.29, 1.82) is 5.26 Å². The number of fused-ring (bicyclic) bond motifs is 3. The van der Waals surface area contributed by atoms with E-state index in [-0.39, 0.29) is 5.41 Å². The van der Waals surface area contributed by atoms with E-state index in [1.807, 2.05) is 0 Å². The molecule has 0 aromatic rings. The summed E-state index contributed by atoms with van der Waals surface area (Å²) in [5.41, 5.74) is 0.0430. The lowest BCUT2D eigenvalue weighted by molar-refractivity contribution is -0.0181. The molecule has 3 aliphatic carbocycles. The van der Waals surface area contributed by atoms with Gasteiger partial charge in [-0.3, -0.25) is 0 Å². The van der Waals surface area contributed by atoms with Crippen molar-refractivity contribution in [2.75, 3.05) is 0 Å². The van der Waals surface area contributed by atoms with E-state index in [0.717, 1.165) is 36.0 Å². The first-order valence-electron chi connectivity index (χ1n) is 11.6. The van der Waals surface area contributed by atoms with Gasteiger partial charge in [-0.15, -0.1) is 0 Å². The molecular weight excluding hydrogens is 302 g/mol. The summed E-state index contributed by atoms with van der Waals surface area (Å²) in [6, 6.07) is 2.79. The van der Waals surface area contributed by atoms with Crippen molar-refractivity contribution in [3.63, 3.8) is 0 Å². The average Bonchev–Trinajstić information content (AvgIpc) is 2.66. The van der Waals surface area contributed by atoms with Gasteiger partial charge in [0.15, 0.2) is 0 Å².